The summed E-state index contributed by atoms with van der Waals surface area (Å²) in [5, 5.41) is 5.27. The maximum Gasteiger partial charge on any atom is 0.358 e. The Morgan fingerprint density at radius 2 is 2.24 bits per heavy atom. The van der Waals surface area contributed by atoms with Crippen LogP contribution in [0.15, 0.2) is 42.3 Å². The number of aromatic nitrogens is 1. The second-order valence-corrected chi connectivity index (χ2v) is 5.16. The summed E-state index contributed by atoms with van der Waals surface area (Å²) < 4.78 is 18.2. The van der Waals surface area contributed by atoms with Crippen LogP contribution in [0.5, 0.6) is 0 Å². The molecular weight excluding hydrogens is 291 g/mol. The zero-order valence-corrected chi connectivity index (χ0v) is 12.3. The van der Waals surface area contributed by atoms with Crippen molar-refractivity contribution in [1.82, 2.24) is 4.98 Å². The van der Waals surface area contributed by atoms with E-state index in [9.17, 15) is 9.18 Å². The average molecular weight is 306 g/mol. The number of benzene rings is 1. The molecule has 0 amide bonds. The highest BCUT2D eigenvalue weighted by molar-refractivity contribution is 7.13. The molecule has 21 heavy (non-hydrogen) atoms. The number of halogens is 1. The lowest BCUT2D eigenvalue weighted by Crippen LogP contribution is -2.10. The maximum atomic E-state index is 12.9. The van der Waals surface area contributed by atoms with Crippen LogP contribution in [0.3, 0.4) is 0 Å². The molecule has 1 atom stereocenters. The van der Waals surface area contributed by atoms with Crippen molar-refractivity contribution in [2.45, 2.75) is 13.0 Å². The molecule has 0 bridgehead atoms. The number of nitrogens with one attached hydrogen (secondary N) is 1. The smallest absolute Gasteiger partial charge is 0.358 e. The van der Waals surface area contributed by atoms with Crippen molar-refractivity contribution in [2.75, 3.05) is 11.9 Å². The monoisotopic (exact) mass is 306 g/mol. The fourth-order valence-corrected chi connectivity index (χ4v) is 2.32. The zero-order valence-electron chi connectivity index (χ0n) is 11.5. The second kappa shape index (κ2) is 6.99. The van der Waals surface area contributed by atoms with Crippen LogP contribution < -0.4 is 5.32 Å². The molecule has 2 rings (SSSR count). The van der Waals surface area contributed by atoms with Gasteiger partial charge in [0.1, 0.15) is 11.9 Å². The molecule has 2 aromatic rings. The first-order valence-electron chi connectivity index (χ1n) is 6.37. The highest BCUT2D eigenvalue weighted by atomic mass is 32.1. The fourth-order valence-electron chi connectivity index (χ4n) is 1.63. The van der Waals surface area contributed by atoms with E-state index >= 15 is 0 Å². The van der Waals surface area contributed by atoms with E-state index in [0.29, 0.717) is 11.7 Å². The molecule has 0 fully saturated rings. The van der Waals surface area contributed by atoms with Gasteiger partial charge in [0.2, 0.25) is 0 Å². The summed E-state index contributed by atoms with van der Waals surface area (Å²) in [7, 11) is 0. The van der Waals surface area contributed by atoms with Gasteiger partial charge in [-0.2, -0.15) is 0 Å². The van der Waals surface area contributed by atoms with Crippen molar-refractivity contribution in [3.8, 4) is 0 Å². The van der Waals surface area contributed by atoms with E-state index in [0.717, 1.165) is 5.56 Å². The van der Waals surface area contributed by atoms with E-state index in [1.54, 1.807) is 30.5 Å². The molecule has 1 aromatic carbocycles. The molecule has 4 nitrogen and oxygen atoms in total. The predicted molar refractivity (Wildman–Crippen MR) is 81.0 cm³/mol. The summed E-state index contributed by atoms with van der Waals surface area (Å²) in [6.45, 7) is 5.90. The minimum atomic E-state index is -0.505. The first-order valence-corrected chi connectivity index (χ1v) is 7.25. The standard InChI is InChI=1S/C15H15FN2O2S/c1-3-8-17-15-18-13(9-21-15)14(19)20-10(2)11-4-6-12(16)7-5-11/h3-7,9-10H,1,8H2,2H3,(H,17,18)/t10-/m1/s1. The normalized spacial score (nSPS) is 11.7. The van der Waals surface area contributed by atoms with Gasteiger partial charge in [-0.05, 0) is 24.6 Å². The van der Waals surface area contributed by atoms with Gasteiger partial charge in [-0.1, -0.05) is 18.2 Å². The molecule has 1 aromatic heterocycles. The van der Waals surface area contributed by atoms with Gasteiger partial charge in [0.05, 0.1) is 0 Å². The number of thiazole rings is 1. The van der Waals surface area contributed by atoms with Gasteiger partial charge in [0.15, 0.2) is 10.8 Å². The molecule has 1 heterocycles. The zero-order chi connectivity index (χ0) is 15.2. The highest BCUT2D eigenvalue weighted by Gasteiger charge is 2.16. The number of hydrogen-bond acceptors (Lipinski definition) is 5. The minimum absolute atomic E-state index is 0.250. The third-order valence-electron chi connectivity index (χ3n) is 2.73. The van der Waals surface area contributed by atoms with Crippen LogP contribution in [-0.2, 0) is 4.74 Å². The molecule has 0 saturated carbocycles. The third-order valence-corrected chi connectivity index (χ3v) is 3.53. The second-order valence-electron chi connectivity index (χ2n) is 4.31. The number of carbonyl (C=O) groups excluding carboxylic acids is 1. The van der Waals surface area contributed by atoms with Crippen molar-refractivity contribution in [3.63, 3.8) is 0 Å². The summed E-state index contributed by atoms with van der Waals surface area (Å²) in [4.78, 5) is 16.1. The molecule has 0 radical (unpaired) electrons. The number of nitrogens with zero attached hydrogens (tertiary/aromatic N) is 1. The molecular formula is C15H15FN2O2S. The third kappa shape index (κ3) is 4.13. The Labute approximate surface area is 126 Å². The van der Waals surface area contributed by atoms with Crippen molar-refractivity contribution in [2.24, 2.45) is 0 Å². The van der Waals surface area contributed by atoms with Gasteiger partial charge in [-0.3, -0.25) is 0 Å². The first-order chi connectivity index (χ1) is 10.1. The van der Waals surface area contributed by atoms with Crippen molar-refractivity contribution >= 4 is 22.4 Å². The topological polar surface area (TPSA) is 51.2 Å². The van der Waals surface area contributed by atoms with Crippen molar-refractivity contribution in [3.05, 3.63) is 59.4 Å². The number of esters is 1. The summed E-state index contributed by atoms with van der Waals surface area (Å²) in [6.07, 6.45) is 1.24. The molecule has 6 heteroatoms. The predicted octanol–water partition coefficient (Wildman–Crippen LogP) is 3.80. The van der Waals surface area contributed by atoms with Crippen LogP contribution in [0.2, 0.25) is 0 Å². The van der Waals surface area contributed by atoms with Gasteiger partial charge >= 0.3 is 5.97 Å². The van der Waals surface area contributed by atoms with Crippen molar-refractivity contribution in [1.29, 1.82) is 0 Å². The average Bonchev–Trinajstić information content (AvgIpc) is 2.94. The Morgan fingerprint density at radius 3 is 2.90 bits per heavy atom. The lowest BCUT2D eigenvalue weighted by Gasteiger charge is -2.12. The van der Waals surface area contributed by atoms with E-state index in [1.165, 1.54) is 23.5 Å². The Hall–Kier alpha value is -2.21. The van der Waals surface area contributed by atoms with Gasteiger partial charge in [0, 0.05) is 11.9 Å². The number of rotatable bonds is 6. The minimum Gasteiger partial charge on any atom is -0.453 e. The Balaban J connectivity index is 1.98. The molecule has 0 aliphatic carbocycles. The van der Waals surface area contributed by atoms with E-state index in [1.807, 2.05) is 0 Å². The largest absolute Gasteiger partial charge is 0.453 e. The number of ether oxygens (including phenoxy) is 1. The summed E-state index contributed by atoms with van der Waals surface area (Å²) in [6, 6.07) is 5.84. The lowest BCUT2D eigenvalue weighted by molar-refractivity contribution is 0.0332. The maximum absolute atomic E-state index is 12.9. The molecule has 110 valence electrons. The van der Waals surface area contributed by atoms with Crippen LogP contribution in [0, 0.1) is 5.82 Å². The van der Waals surface area contributed by atoms with Crippen molar-refractivity contribution < 1.29 is 13.9 Å². The van der Waals surface area contributed by atoms with E-state index in [-0.39, 0.29) is 11.5 Å². The van der Waals surface area contributed by atoms with E-state index in [2.05, 4.69) is 16.9 Å². The summed E-state index contributed by atoms with van der Waals surface area (Å²) in [5.74, 6) is -0.829. The van der Waals surface area contributed by atoms with Gasteiger partial charge in [-0.25, -0.2) is 14.2 Å². The van der Waals surface area contributed by atoms with Gasteiger partial charge in [-0.15, -0.1) is 17.9 Å². The number of hydrogen-bond donors (Lipinski definition) is 1. The number of anilines is 1. The number of carbonyl (C=O) groups is 1. The van der Waals surface area contributed by atoms with Crippen LogP contribution >= 0.6 is 11.3 Å². The molecule has 0 aliphatic heterocycles. The molecule has 0 unspecified atom stereocenters. The fraction of sp³-hybridized carbons (Fsp3) is 0.200. The van der Waals surface area contributed by atoms with Crippen LogP contribution in [0.25, 0.3) is 0 Å². The van der Waals surface area contributed by atoms with Gasteiger partial charge < -0.3 is 10.1 Å². The summed E-state index contributed by atoms with van der Waals surface area (Å²) >= 11 is 1.32. The molecule has 1 N–H and O–H groups in total. The quantitative estimate of drug-likeness (QED) is 0.651. The van der Waals surface area contributed by atoms with E-state index < -0.39 is 12.1 Å². The van der Waals surface area contributed by atoms with Crippen LogP contribution in [0.1, 0.15) is 29.1 Å². The lowest BCUT2D eigenvalue weighted by atomic mass is 10.1. The Bertz CT molecular complexity index is 625. The summed E-state index contributed by atoms with van der Waals surface area (Å²) in [5.41, 5.74) is 0.977. The highest BCUT2D eigenvalue weighted by Crippen LogP contribution is 2.21. The first kappa shape index (κ1) is 15.2. The van der Waals surface area contributed by atoms with Crippen LogP contribution in [0.4, 0.5) is 9.52 Å². The van der Waals surface area contributed by atoms with Crippen LogP contribution in [-0.4, -0.2) is 17.5 Å². The SMILES string of the molecule is C=CCNc1nc(C(=O)O[C@H](C)c2ccc(F)cc2)cs1. The van der Waals surface area contributed by atoms with Gasteiger partial charge in [0.25, 0.3) is 0 Å². The Kier molecular flexibility index (Phi) is 5.05. The Morgan fingerprint density at radius 1 is 1.52 bits per heavy atom. The molecule has 0 saturated heterocycles. The molecule has 0 aliphatic rings. The van der Waals surface area contributed by atoms with E-state index in [4.69, 9.17) is 4.74 Å². The molecule has 0 spiro atoms.